The van der Waals surface area contributed by atoms with Gasteiger partial charge in [-0.3, -0.25) is 0 Å². The molecule has 0 bridgehead atoms. The topological polar surface area (TPSA) is 12.0 Å². The Bertz CT molecular complexity index is 423. The van der Waals surface area contributed by atoms with Crippen LogP contribution in [0.25, 0.3) is 0 Å². The average Bonchev–Trinajstić information content (AvgIpc) is 3.27. The van der Waals surface area contributed by atoms with Gasteiger partial charge in [-0.2, -0.15) is 13.2 Å². The lowest BCUT2D eigenvalue weighted by molar-refractivity contribution is -0.158. The maximum atomic E-state index is 13.2. The van der Waals surface area contributed by atoms with Crippen molar-refractivity contribution in [1.82, 2.24) is 5.32 Å². The molecular formula is C16H20F3N. The van der Waals surface area contributed by atoms with Gasteiger partial charge in [0.05, 0.1) is 0 Å². The van der Waals surface area contributed by atoms with Crippen LogP contribution < -0.4 is 5.32 Å². The summed E-state index contributed by atoms with van der Waals surface area (Å²) in [5.74, 6) is 1.78. The highest BCUT2D eigenvalue weighted by molar-refractivity contribution is 5.20. The molecule has 0 radical (unpaired) electrons. The molecule has 2 saturated carbocycles. The summed E-state index contributed by atoms with van der Waals surface area (Å²) in [6.07, 6.45) is 0.560. The summed E-state index contributed by atoms with van der Waals surface area (Å²) < 4.78 is 39.7. The molecule has 0 aromatic heterocycles. The fourth-order valence-electron chi connectivity index (χ4n) is 3.09. The molecule has 2 aliphatic carbocycles. The fraction of sp³-hybridized carbons (Fsp3) is 0.625. The Kier molecular flexibility index (Phi) is 3.76. The van der Waals surface area contributed by atoms with Crippen LogP contribution in [0.5, 0.6) is 0 Å². The minimum atomic E-state index is -4.24. The molecule has 0 heterocycles. The van der Waals surface area contributed by atoms with E-state index in [2.05, 4.69) is 5.32 Å². The van der Waals surface area contributed by atoms with Crippen LogP contribution in [0.2, 0.25) is 0 Å². The summed E-state index contributed by atoms with van der Waals surface area (Å²) in [7, 11) is 0. The molecule has 1 nitrogen and oxygen atoms in total. The van der Waals surface area contributed by atoms with Gasteiger partial charge in [-0.1, -0.05) is 30.3 Å². The minimum Gasteiger partial charge on any atom is -0.302 e. The van der Waals surface area contributed by atoms with E-state index >= 15 is 0 Å². The molecule has 1 aromatic carbocycles. The Morgan fingerprint density at radius 3 is 2.00 bits per heavy atom. The van der Waals surface area contributed by atoms with E-state index in [1.165, 1.54) is 25.7 Å². The lowest BCUT2D eigenvalue weighted by Crippen LogP contribution is -2.37. The number of hydrogen-bond donors (Lipinski definition) is 1. The number of benzene rings is 1. The maximum absolute atomic E-state index is 13.2. The Balaban J connectivity index is 1.67. The first kappa shape index (κ1) is 13.9. The molecule has 2 aliphatic rings. The van der Waals surface area contributed by atoms with Gasteiger partial charge in [0.25, 0.3) is 0 Å². The monoisotopic (exact) mass is 283 g/mol. The van der Waals surface area contributed by atoms with Crippen molar-refractivity contribution in [3.05, 3.63) is 35.9 Å². The van der Waals surface area contributed by atoms with Crippen molar-refractivity contribution in [1.29, 1.82) is 0 Å². The summed E-state index contributed by atoms with van der Waals surface area (Å²) in [5.41, 5.74) is 0.311. The average molecular weight is 283 g/mol. The highest BCUT2D eigenvalue weighted by Gasteiger charge is 2.44. The SMILES string of the molecule is FC(F)(F)C(NCC(C1CC1)C1CC1)c1ccccc1. The summed E-state index contributed by atoms with van der Waals surface area (Å²) >= 11 is 0. The normalized spacial score (nSPS) is 21.2. The van der Waals surface area contributed by atoms with Crippen molar-refractivity contribution >= 4 is 0 Å². The van der Waals surface area contributed by atoms with Crippen LogP contribution in [0.15, 0.2) is 30.3 Å². The van der Waals surface area contributed by atoms with Crippen LogP contribution >= 0.6 is 0 Å². The smallest absolute Gasteiger partial charge is 0.302 e. The Hall–Kier alpha value is -1.03. The lowest BCUT2D eigenvalue weighted by atomic mass is 9.96. The highest BCUT2D eigenvalue weighted by Crippen LogP contribution is 2.49. The van der Waals surface area contributed by atoms with Crippen molar-refractivity contribution in [3.63, 3.8) is 0 Å². The van der Waals surface area contributed by atoms with E-state index in [0.717, 1.165) is 0 Å². The van der Waals surface area contributed by atoms with Crippen LogP contribution in [0.3, 0.4) is 0 Å². The zero-order valence-corrected chi connectivity index (χ0v) is 11.4. The summed E-state index contributed by atoms with van der Waals surface area (Å²) in [6.45, 7) is 0.494. The van der Waals surface area contributed by atoms with E-state index in [9.17, 15) is 13.2 Å². The molecule has 1 atom stereocenters. The zero-order valence-electron chi connectivity index (χ0n) is 11.4. The van der Waals surface area contributed by atoms with Crippen molar-refractivity contribution in [2.45, 2.75) is 37.9 Å². The molecule has 0 amide bonds. The third-order valence-electron chi connectivity index (χ3n) is 4.47. The van der Waals surface area contributed by atoms with E-state index in [1.54, 1.807) is 30.3 Å². The second-order valence-electron chi connectivity index (χ2n) is 6.13. The van der Waals surface area contributed by atoms with Gasteiger partial charge in [0.15, 0.2) is 0 Å². The van der Waals surface area contributed by atoms with E-state index in [-0.39, 0.29) is 0 Å². The Morgan fingerprint density at radius 1 is 1.00 bits per heavy atom. The van der Waals surface area contributed by atoms with Crippen LogP contribution in [0, 0.1) is 17.8 Å². The van der Waals surface area contributed by atoms with Crippen molar-refractivity contribution < 1.29 is 13.2 Å². The standard InChI is InChI=1S/C16H20F3N/c17-16(18,19)15(13-4-2-1-3-5-13)20-10-14(11-6-7-11)12-8-9-12/h1-5,11-12,14-15,20H,6-10H2. The molecule has 0 saturated heterocycles. The van der Waals surface area contributed by atoms with Gasteiger partial charge in [0, 0.05) is 0 Å². The molecule has 3 rings (SSSR count). The quantitative estimate of drug-likeness (QED) is 0.820. The van der Waals surface area contributed by atoms with Crippen LogP contribution in [-0.2, 0) is 0 Å². The van der Waals surface area contributed by atoms with Gasteiger partial charge in [-0.25, -0.2) is 0 Å². The first-order valence-electron chi connectivity index (χ1n) is 7.41. The van der Waals surface area contributed by atoms with Gasteiger partial charge >= 0.3 is 6.18 Å². The van der Waals surface area contributed by atoms with E-state index in [0.29, 0.717) is 29.9 Å². The molecule has 110 valence electrons. The van der Waals surface area contributed by atoms with Crippen molar-refractivity contribution in [3.8, 4) is 0 Å². The molecule has 20 heavy (non-hydrogen) atoms. The molecule has 2 fully saturated rings. The van der Waals surface area contributed by atoms with Gasteiger partial charge < -0.3 is 5.32 Å². The third kappa shape index (κ3) is 3.35. The van der Waals surface area contributed by atoms with Crippen LogP contribution in [0.4, 0.5) is 13.2 Å². The molecule has 1 unspecified atom stereocenters. The number of hydrogen-bond acceptors (Lipinski definition) is 1. The van der Waals surface area contributed by atoms with E-state index in [4.69, 9.17) is 0 Å². The fourth-order valence-corrected chi connectivity index (χ4v) is 3.09. The largest absolute Gasteiger partial charge is 0.407 e. The first-order valence-corrected chi connectivity index (χ1v) is 7.41. The predicted octanol–water partition coefficient (Wildman–Crippen LogP) is 4.32. The maximum Gasteiger partial charge on any atom is 0.407 e. The van der Waals surface area contributed by atoms with Gasteiger partial charge in [0.2, 0.25) is 0 Å². The second-order valence-corrected chi connectivity index (χ2v) is 6.13. The second kappa shape index (κ2) is 5.40. The van der Waals surface area contributed by atoms with Crippen LogP contribution in [-0.4, -0.2) is 12.7 Å². The van der Waals surface area contributed by atoms with Gasteiger partial charge in [-0.05, 0) is 55.5 Å². The molecule has 0 aliphatic heterocycles. The number of nitrogens with one attached hydrogen (secondary N) is 1. The number of rotatable bonds is 6. The molecule has 1 N–H and O–H groups in total. The van der Waals surface area contributed by atoms with Crippen LogP contribution in [0.1, 0.15) is 37.3 Å². The molecular weight excluding hydrogens is 263 g/mol. The van der Waals surface area contributed by atoms with E-state index in [1.807, 2.05) is 0 Å². The third-order valence-corrected chi connectivity index (χ3v) is 4.47. The Labute approximate surface area is 117 Å². The predicted molar refractivity (Wildman–Crippen MR) is 72.2 cm³/mol. The lowest BCUT2D eigenvalue weighted by Gasteiger charge is -2.25. The van der Waals surface area contributed by atoms with Crippen molar-refractivity contribution in [2.24, 2.45) is 17.8 Å². The molecule has 4 heteroatoms. The first-order chi connectivity index (χ1) is 9.55. The van der Waals surface area contributed by atoms with E-state index < -0.39 is 12.2 Å². The molecule has 1 aromatic rings. The minimum absolute atomic E-state index is 0.311. The summed E-state index contributed by atoms with van der Waals surface area (Å²) in [4.78, 5) is 0. The number of alkyl halides is 3. The molecule has 0 spiro atoms. The van der Waals surface area contributed by atoms with Gasteiger partial charge in [-0.15, -0.1) is 0 Å². The highest BCUT2D eigenvalue weighted by atomic mass is 19.4. The Morgan fingerprint density at radius 2 is 1.55 bits per heavy atom. The summed E-state index contributed by atoms with van der Waals surface area (Å²) in [6, 6.07) is 6.63. The van der Waals surface area contributed by atoms with Crippen molar-refractivity contribution in [2.75, 3.05) is 6.54 Å². The number of halogens is 3. The summed E-state index contributed by atoms with van der Waals surface area (Å²) in [5, 5.41) is 2.79. The zero-order chi connectivity index (χ0) is 14.2. The van der Waals surface area contributed by atoms with Gasteiger partial charge in [0.1, 0.15) is 6.04 Å².